The normalized spacial score (nSPS) is 11.6. The van der Waals surface area contributed by atoms with Crippen LogP contribution < -0.4 is 9.46 Å². The Hall–Kier alpha value is -2.37. The molecule has 3 aromatic carbocycles. The highest BCUT2D eigenvalue weighted by atomic mass is 32.2. The molecule has 5 heteroatoms. The van der Waals surface area contributed by atoms with Gasteiger partial charge < -0.3 is 4.74 Å². The lowest BCUT2D eigenvalue weighted by molar-refractivity contribution is 0.415. The zero-order valence-electron chi connectivity index (χ0n) is 13.6. The number of aryl methyl sites for hydroxylation is 1. The Balaban J connectivity index is 1.85. The van der Waals surface area contributed by atoms with Crippen LogP contribution in [0.2, 0.25) is 0 Å². The summed E-state index contributed by atoms with van der Waals surface area (Å²) in [6.45, 7) is 2.25. The molecule has 0 aliphatic rings. The Morgan fingerprint density at radius 2 is 1.71 bits per heavy atom. The molecule has 4 nitrogen and oxygen atoms in total. The Morgan fingerprint density at radius 3 is 2.46 bits per heavy atom. The standard InChI is InChI=1S/C19H19NO3S/c1-14-4-3-5-15(10-14)13-20-24(21,22)19-9-7-16-11-18(23-2)8-6-17(16)12-19/h3-12,20H,13H2,1-2H3. The van der Waals surface area contributed by atoms with Gasteiger partial charge in [-0.2, -0.15) is 0 Å². The maximum Gasteiger partial charge on any atom is 0.240 e. The van der Waals surface area contributed by atoms with Crippen molar-refractivity contribution in [3.05, 3.63) is 71.8 Å². The third kappa shape index (κ3) is 3.58. The van der Waals surface area contributed by atoms with Crippen LogP contribution in [0.5, 0.6) is 5.75 Å². The fraction of sp³-hybridized carbons (Fsp3) is 0.158. The summed E-state index contributed by atoms with van der Waals surface area (Å²) in [6.07, 6.45) is 0. The first-order valence-electron chi connectivity index (χ1n) is 7.61. The third-order valence-electron chi connectivity index (χ3n) is 3.88. The smallest absolute Gasteiger partial charge is 0.240 e. The van der Waals surface area contributed by atoms with Crippen LogP contribution in [0.4, 0.5) is 0 Å². The molecule has 0 unspecified atom stereocenters. The summed E-state index contributed by atoms with van der Waals surface area (Å²) in [5, 5.41) is 1.79. The van der Waals surface area contributed by atoms with Crippen molar-refractivity contribution < 1.29 is 13.2 Å². The number of sulfonamides is 1. The minimum atomic E-state index is -3.56. The van der Waals surface area contributed by atoms with Crippen LogP contribution in [0.15, 0.2) is 65.6 Å². The summed E-state index contributed by atoms with van der Waals surface area (Å²) in [4.78, 5) is 0.257. The highest BCUT2D eigenvalue weighted by Gasteiger charge is 2.14. The van der Waals surface area contributed by atoms with Gasteiger partial charge in [-0.15, -0.1) is 0 Å². The quantitative estimate of drug-likeness (QED) is 0.771. The Kier molecular flexibility index (Phi) is 4.55. The Labute approximate surface area is 142 Å². The van der Waals surface area contributed by atoms with Crippen molar-refractivity contribution >= 4 is 20.8 Å². The molecule has 124 valence electrons. The molecule has 3 rings (SSSR count). The van der Waals surface area contributed by atoms with Gasteiger partial charge in [0, 0.05) is 6.54 Å². The van der Waals surface area contributed by atoms with Gasteiger partial charge in [0.1, 0.15) is 5.75 Å². The van der Waals surface area contributed by atoms with Crippen molar-refractivity contribution in [3.8, 4) is 5.75 Å². The molecule has 24 heavy (non-hydrogen) atoms. The predicted molar refractivity (Wildman–Crippen MR) is 95.7 cm³/mol. The van der Waals surface area contributed by atoms with E-state index >= 15 is 0 Å². The molecule has 0 atom stereocenters. The van der Waals surface area contributed by atoms with E-state index in [2.05, 4.69) is 4.72 Å². The van der Waals surface area contributed by atoms with Crippen LogP contribution in [0.3, 0.4) is 0 Å². The molecule has 0 spiro atoms. The van der Waals surface area contributed by atoms with E-state index in [9.17, 15) is 8.42 Å². The molecule has 0 heterocycles. The van der Waals surface area contributed by atoms with Crippen LogP contribution >= 0.6 is 0 Å². The summed E-state index contributed by atoms with van der Waals surface area (Å²) < 4.78 is 32.9. The predicted octanol–water partition coefficient (Wildman–Crippen LogP) is 3.64. The topological polar surface area (TPSA) is 55.4 Å². The lowest BCUT2D eigenvalue weighted by Gasteiger charge is -2.09. The highest BCUT2D eigenvalue weighted by molar-refractivity contribution is 7.89. The summed E-state index contributed by atoms with van der Waals surface area (Å²) in [7, 11) is -1.95. The van der Waals surface area contributed by atoms with E-state index in [1.807, 2.05) is 49.4 Å². The molecule has 0 saturated carbocycles. The van der Waals surface area contributed by atoms with Crippen molar-refractivity contribution in [3.63, 3.8) is 0 Å². The zero-order chi connectivity index (χ0) is 17.2. The number of benzene rings is 3. The molecule has 0 aromatic heterocycles. The van der Waals surface area contributed by atoms with Gasteiger partial charge in [0.2, 0.25) is 10.0 Å². The average Bonchev–Trinajstić information content (AvgIpc) is 2.59. The number of fused-ring (bicyclic) bond motifs is 1. The van der Waals surface area contributed by atoms with Gasteiger partial charge in [0.15, 0.2) is 0 Å². The second-order valence-corrected chi connectivity index (χ2v) is 7.46. The van der Waals surface area contributed by atoms with E-state index < -0.39 is 10.0 Å². The third-order valence-corrected chi connectivity index (χ3v) is 5.28. The van der Waals surface area contributed by atoms with E-state index in [0.29, 0.717) is 0 Å². The van der Waals surface area contributed by atoms with E-state index in [1.54, 1.807) is 25.3 Å². The minimum absolute atomic E-state index is 0.257. The first kappa shape index (κ1) is 16.5. The summed E-state index contributed by atoms with van der Waals surface area (Å²) >= 11 is 0. The molecule has 0 aliphatic heterocycles. The number of rotatable bonds is 5. The van der Waals surface area contributed by atoms with E-state index in [4.69, 9.17) is 4.74 Å². The van der Waals surface area contributed by atoms with E-state index in [0.717, 1.165) is 27.6 Å². The summed E-state index contributed by atoms with van der Waals surface area (Å²) in [5.74, 6) is 0.746. The second kappa shape index (κ2) is 6.63. The van der Waals surface area contributed by atoms with Gasteiger partial charge in [0.05, 0.1) is 12.0 Å². The van der Waals surface area contributed by atoms with Crippen LogP contribution in [-0.4, -0.2) is 15.5 Å². The molecule has 1 N–H and O–H groups in total. The first-order valence-corrected chi connectivity index (χ1v) is 9.09. The van der Waals surface area contributed by atoms with Crippen molar-refractivity contribution in [1.29, 1.82) is 0 Å². The van der Waals surface area contributed by atoms with Crippen molar-refractivity contribution in [2.75, 3.05) is 7.11 Å². The fourth-order valence-electron chi connectivity index (χ4n) is 2.58. The van der Waals surface area contributed by atoms with Crippen molar-refractivity contribution in [1.82, 2.24) is 4.72 Å². The molecule has 0 fully saturated rings. The molecule has 0 amide bonds. The van der Waals surface area contributed by atoms with Gasteiger partial charge in [0.25, 0.3) is 0 Å². The second-order valence-electron chi connectivity index (χ2n) is 5.69. The molecule has 0 aliphatic carbocycles. The largest absolute Gasteiger partial charge is 0.497 e. The number of hydrogen-bond donors (Lipinski definition) is 1. The lowest BCUT2D eigenvalue weighted by Crippen LogP contribution is -2.23. The minimum Gasteiger partial charge on any atom is -0.497 e. The van der Waals surface area contributed by atoms with Gasteiger partial charge in [-0.1, -0.05) is 42.0 Å². The summed E-state index contributed by atoms with van der Waals surface area (Å²) in [5.41, 5.74) is 2.04. The molecular weight excluding hydrogens is 322 g/mol. The van der Waals surface area contributed by atoms with Crippen LogP contribution in [0.1, 0.15) is 11.1 Å². The number of hydrogen-bond acceptors (Lipinski definition) is 3. The Morgan fingerprint density at radius 1 is 0.958 bits per heavy atom. The first-order chi connectivity index (χ1) is 11.5. The molecular formula is C19H19NO3S. The SMILES string of the molecule is COc1ccc2cc(S(=O)(=O)NCc3cccc(C)c3)ccc2c1. The van der Waals surface area contributed by atoms with Crippen molar-refractivity contribution in [2.45, 2.75) is 18.4 Å². The zero-order valence-corrected chi connectivity index (χ0v) is 14.4. The van der Waals surface area contributed by atoms with Crippen LogP contribution in [-0.2, 0) is 16.6 Å². The van der Waals surface area contributed by atoms with Gasteiger partial charge >= 0.3 is 0 Å². The maximum absolute atomic E-state index is 12.5. The monoisotopic (exact) mass is 341 g/mol. The van der Waals surface area contributed by atoms with Crippen molar-refractivity contribution in [2.24, 2.45) is 0 Å². The van der Waals surface area contributed by atoms with Crippen LogP contribution in [0, 0.1) is 6.92 Å². The fourth-order valence-corrected chi connectivity index (χ4v) is 3.63. The van der Waals surface area contributed by atoms with E-state index in [-0.39, 0.29) is 11.4 Å². The summed E-state index contributed by atoms with van der Waals surface area (Å²) in [6, 6.07) is 18.4. The average molecular weight is 341 g/mol. The number of methoxy groups -OCH3 is 1. The molecule has 0 radical (unpaired) electrons. The molecule has 0 bridgehead atoms. The molecule has 0 saturated heterocycles. The van der Waals surface area contributed by atoms with Gasteiger partial charge in [-0.05, 0) is 47.5 Å². The van der Waals surface area contributed by atoms with Gasteiger partial charge in [-0.25, -0.2) is 13.1 Å². The highest BCUT2D eigenvalue weighted by Crippen LogP contribution is 2.23. The maximum atomic E-state index is 12.5. The van der Waals surface area contributed by atoms with Gasteiger partial charge in [-0.3, -0.25) is 0 Å². The molecule has 3 aromatic rings. The number of nitrogens with one attached hydrogen (secondary N) is 1. The Bertz CT molecular complexity index is 981. The number of ether oxygens (including phenoxy) is 1. The van der Waals surface area contributed by atoms with E-state index in [1.165, 1.54) is 0 Å². The lowest BCUT2D eigenvalue weighted by atomic mass is 10.1. The van der Waals surface area contributed by atoms with Crippen LogP contribution in [0.25, 0.3) is 10.8 Å².